The lowest BCUT2D eigenvalue weighted by Gasteiger charge is -1.91. The minimum Gasteiger partial charge on any atom is -0.358 e. The van der Waals surface area contributed by atoms with Crippen LogP contribution in [-0.4, -0.2) is 4.98 Å². The van der Waals surface area contributed by atoms with Crippen molar-refractivity contribution in [3.63, 3.8) is 0 Å². The number of hydrogen-bond donors (Lipinski definition) is 1. The fourth-order valence-electron chi connectivity index (χ4n) is 1.53. The molecule has 13 heavy (non-hydrogen) atoms. The minimum atomic E-state index is 0.717. The molecule has 0 radical (unpaired) electrons. The highest BCUT2D eigenvalue weighted by molar-refractivity contribution is 5.85. The number of H-pyrrole nitrogens is 1. The maximum absolute atomic E-state index is 8.73. The van der Waals surface area contributed by atoms with Crippen molar-refractivity contribution in [3.8, 4) is 6.07 Å². The van der Waals surface area contributed by atoms with E-state index in [-0.39, 0.29) is 0 Å². The molecule has 2 aromatic rings. The second-order valence-electron chi connectivity index (χ2n) is 3.25. The average molecular weight is 170 g/mol. The van der Waals surface area contributed by atoms with E-state index in [2.05, 4.69) is 18.0 Å². The SMILES string of the molecule is Cc1[nH]c2ccc(C#N)cc2c1C. The zero-order chi connectivity index (χ0) is 9.42. The van der Waals surface area contributed by atoms with Gasteiger partial charge in [-0.25, -0.2) is 0 Å². The monoisotopic (exact) mass is 170 g/mol. The van der Waals surface area contributed by atoms with E-state index in [4.69, 9.17) is 5.26 Å². The Kier molecular flexibility index (Phi) is 1.60. The minimum absolute atomic E-state index is 0.717. The molecule has 0 aliphatic carbocycles. The summed E-state index contributed by atoms with van der Waals surface area (Å²) in [5.74, 6) is 0. The van der Waals surface area contributed by atoms with E-state index < -0.39 is 0 Å². The van der Waals surface area contributed by atoms with Crippen LogP contribution < -0.4 is 0 Å². The summed E-state index contributed by atoms with van der Waals surface area (Å²) in [6.45, 7) is 4.11. The summed E-state index contributed by atoms with van der Waals surface area (Å²) in [7, 11) is 0. The van der Waals surface area contributed by atoms with E-state index in [0.29, 0.717) is 0 Å². The van der Waals surface area contributed by atoms with Crippen molar-refractivity contribution in [3.05, 3.63) is 35.0 Å². The predicted octanol–water partition coefficient (Wildman–Crippen LogP) is 2.66. The van der Waals surface area contributed by atoms with Gasteiger partial charge in [0.15, 0.2) is 0 Å². The zero-order valence-electron chi connectivity index (χ0n) is 7.68. The molecular formula is C11H10N2. The highest BCUT2D eigenvalue weighted by Gasteiger charge is 2.03. The molecule has 0 aliphatic rings. The molecule has 2 nitrogen and oxygen atoms in total. The molecule has 2 heteroatoms. The number of benzene rings is 1. The summed E-state index contributed by atoms with van der Waals surface area (Å²) in [5.41, 5.74) is 4.22. The second kappa shape index (κ2) is 2.63. The van der Waals surface area contributed by atoms with E-state index in [1.807, 2.05) is 25.1 Å². The molecule has 2 rings (SSSR count). The van der Waals surface area contributed by atoms with Crippen LogP contribution in [0.3, 0.4) is 0 Å². The number of nitriles is 1. The van der Waals surface area contributed by atoms with Crippen LogP contribution in [0.4, 0.5) is 0 Å². The number of aromatic nitrogens is 1. The summed E-state index contributed by atoms with van der Waals surface area (Å²) >= 11 is 0. The predicted molar refractivity (Wildman–Crippen MR) is 52.5 cm³/mol. The van der Waals surface area contributed by atoms with Gasteiger partial charge in [-0.05, 0) is 37.6 Å². The average Bonchev–Trinajstić information content (AvgIpc) is 2.43. The molecule has 0 saturated heterocycles. The van der Waals surface area contributed by atoms with E-state index >= 15 is 0 Å². The first-order valence-corrected chi connectivity index (χ1v) is 4.21. The van der Waals surface area contributed by atoms with Gasteiger partial charge in [-0.1, -0.05) is 0 Å². The van der Waals surface area contributed by atoms with E-state index in [9.17, 15) is 0 Å². The Balaban J connectivity index is 2.84. The van der Waals surface area contributed by atoms with Crippen molar-refractivity contribution >= 4 is 10.9 Å². The van der Waals surface area contributed by atoms with Crippen LogP contribution in [-0.2, 0) is 0 Å². The van der Waals surface area contributed by atoms with Gasteiger partial charge in [-0.15, -0.1) is 0 Å². The Labute approximate surface area is 76.8 Å². The number of aromatic amines is 1. The van der Waals surface area contributed by atoms with Gasteiger partial charge in [-0.3, -0.25) is 0 Å². The summed E-state index contributed by atoms with van der Waals surface area (Å²) < 4.78 is 0. The van der Waals surface area contributed by atoms with Crippen LogP contribution in [0, 0.1) is 25.2 Å². The van der Waals surface area contributed by atoms with Crippen LogP contribution in [0.15, 0.2) is 18.2 Å². The maximum Gasteiger partial charge on any atom is 0.0991 e. The zero-order valence-corrected chi connectivity index (χ0v) is 7.68. The van der Waals surface area contributed by atoms with Gasteiger partial charge in [-0.2, -0.15) is 5.26 Å². The van der Waals surface area contributed by atoms with Crippen LogP contribution in [0.5, 0.6) is 0 Å². The molecule has 1 heterocycles. The van der Waals surface area contributed by atoms with Crippen molar-refractivity contribution in [1.82, 2.24) is 4.98 Å². The van der Waals surface area contributed by atoms with Gasteiger partial charge in [0.1, 0.15) is 0 Å². The lowest BCUT2D eigenvalue weighted by atomic mass is 10.1. The molecule has 0 aliphatic heterocycles. The van der Waals surface area contributed by atoms with Crippen molar-refractivity contribution in [1.29, 1.82) is 5.26 Å². The number of aryl methyl sites for hydroxylation is 2. The smallest absolute Gasteiger partial charge is 0.0991 e. The van der Waals surface area contributed by atoms with Gasteiger partial charge in [0.2, 0.25) is 0 Å². The first-order chi connectivity index (χ1) is 6.22. The normalized spacial score (nSPS) is 10.2. The molecule has 0 saturated carbocycles. The molecule has 0 atom stereocenters. The quantitative estimate of drug-likeness (QED) is 0.648. The lowest BCUT2D eigenvalue weighted by Crippen LogP contribution is -1.74. The highest BCUT2D eigenvalue weighted by atomic mass is 14.7. The Morgan fingerprint density at radius 2 is 2.08 bits per heavy atom. The molecule has 0 fully saturated rings. The summed E-state index contributed by atoms with van der Waals surface area (Å²) in [6, 6.07) is 7.85. The highest BCUT2D eigenvalue weighted by Crippen LogP contribution is 2.21. The molecular weight excluding hydrogens is 160 g/mol. The first-order valence-electron chi connectivity index (χ1n) is 4.21. The number of hydrogen-bond acceptors (Lipinski definition) is 1. The van der Waals surface area contributed by atoms with Gasteiger partial charge in [0, 0.05) is 16.6 Å². The Morgan fingerprint density at radius 1 is 1.31 bits per heavy atom. The van der Waals surface area contributed by atoms with Crippen LogP contribution in [0.2, 0.25) is 0 Å². The number of nitrogens with zero attached hydrogens (tertiary/aromatic N) is 1. The maximum atomic E-state index is 8.73. The third kappa shape index (κ3) is 1.09. The first kappa shape index (κ1) is 7.88. The van der Waals surface area contributed by atoms with Crippen LogP contribution in [0.25, 0.3) is 10.9 Å². The Morgan fingerprint density at radius 3 is 2.77 bits per heavy atom. The van der Waals surface area contributed by atoms with Crippen molar-refractivity contribution in [2.24, 2.45) is 0 Å². The third-order valence-electron chi connectivity index (χ3n) is 2.44. The van der Waals surface area contributed by atoms with Crippen LogP contribution in [0.1, 0.15) is 16.8 Å². The Bertz CT molecular complexity index is 501. The molecule has 64 valence electrons. The van der Waals surface area contributed by atoms with Crippen molar-refractivity contribution in [2.45, 2.75) is 13.8 Å². The van der Waals surface area contributed by atoms with E-state index in [1.165, 1.54) is 11.3 Å². The van der Waals surface area contributed by atoms with Gasteiger partial charge in [0.05, 0.1) is 11.6 Å². The lowest BCUT2D eigenvalue weighted by molar-refractivity contribution is 1.25. The standard InChI is InChI=1S/C11H10N2/c1-7-8(2)13-11-4-3-9(6-12)5-10(7)11/h3-5,13H,1-2H3. The molecule has 0 spiro atoms. The number of rotatable bonds is 0. The molecule has 0 amide bonds. The fourth-order valence-corrected chi connectivity index (χ4v) is 1.53. The van der Waals surface area contributed by atoms with Crippen molar-refractivity contribution < 1.29 is 0 Å². The summed E-state index contributed by atoms with van der Waals surface area (Å²) in [6.07, 6.45) is 0. The topological polar surface area (TPSA) is 39.6 Å². The van der Waals surface area contributed by atoms with Crippen molar-refractivity contribution in [2.75, 3.05) is 0 Å². The summed E-state index contributed by atoms with van der Waals surface area (Å²) in [5, 5.41) is 9.88. The van der Waals surface area contributed by atoms with Gasteiger partial charge >= 0.3 is 0 Å². The fraction of sp³-hybridized carbons (Fsp3) is 0.182. The van der Waals surface area contributed by atoms with E-state index in [0.717, 1.165) is 16.5 Å². The number of nitrogens with one attached hydrogen (secondary N) is 1. The largest absolute Gasteiger partial charge is 0.358 e. The second-order valence-corrected chi connectivity index (χ2v) is 3.25. The molecule has 1 aromatic carbocycles. The number of fused-ring (bicyclic) bond motifs is 1. The molecule has 0 unspecified atom stereocenters. The van der Waals surface area contributed by atoms with E-state index in [1.54, 1.807) is 0 Å². The van der Waals surface area contributed by atoms with Crippen LogP contribution >= 0.6 is 0 Å². The van der Waals surface area contributed by atoms with Gasteiger partial charge < -0.3 is 4.98 Å². The molecule has 0 bridgehead atoms. The van der Waals surface area contributed by atoms with Gasteiger partial charge in [0.25, 0.3) is 0 Å². The summed E-state index contributed by atoms with van der Waals surface area (Å²) in [4.78, 5) is 3.27. The molecule has 1 aromatic heterocycles. The molecule has 1 N–H and O–H groups in total. The Hall–Kier alpha value is -1.75. The third-order valence-corrected chi connectivity index (χ3v) is 2.44.